The monoisotopic (exact) mass is 298 g/mol. The minimum atomic E-state index is -0.812. The van der Waals surface area contributed by atoms with Crippen LogP contribution < -0.4 is 4.74 Å². The minimum absolute atomic E-state index is 0.384. The summed E-state index contributed by atoms with van der Waals surface area (Å²) in [5.74, 6) is -0.530. The Labute approximate surface area is 131 Å². The van der Waals surface area contributed by atoms with Crippen LogP contribution in [0, 0.1) is 20.8 Å². The molecule has 1 N–H and O–H groups in total. The zero-order chi connectivity index (χ0) is 16.1. The Morgan fingerprint density at radius 2 is 1.68 bits per heavy atom. The van der Waals surface area contributed by atoms with Gasteiger partial charge in [-0.15, -0.1) is 0 Å². The van der Waals surface area contributed by atoms with E-state index in [2.05, 4.69) is 6.07 Å². The minimum Gasteiger partial charge on any atom is -0.493 e. The molecule has 3 nitrogen and oxygen atoms in total. The first kappa shape index (κ1) is 16.1. The fourth-order valence-electron chi connectivity index (χ4n) is 2.48. The van der Waals surface area contributed by atoms with E-state index in [-0.39, 0.29) is 0 Å². The highest BCUT2D eigenvalue weighted by Crippen LogP contribution is 2.23. The SMILES string of the molecule is Cc1ccc(C(CCOc2ccc(C)cc2C)C(=O)O)cc1. The van der Waals surface area contributed by atoms with Gasteiger partial charge in [0.1, 0.15) is 5.75 Å². The van der Waals surface area contributed by atoms with Crippen LogP contribution in [0.3, 0.4) is 0 Å². The lowest BCUT2D eigenvalue weighted by molar-refractivity contribution is -0.139. The average molecular weight is 298 g/mol. The van der Waals surface area contributed by atoms with Crippen molar-refractivity contribution >= 4 is 5.97 Å². The van der Waals surface area contributed by atoms with Crippen LogP contribution in [-0.4, -0.2) is 17.7 Å². The summed E-state index contributed by atoms with van der Waals surface area (Å²) < 4.78 is 5.75. The number of ether oxygens (including phenoxy) is 1. The van der Waals surface area contributed by atoms with Crippen LogP contribution in [0.4, 0.5) is 0 Å². The number of carboxylic acid groups (broad SMARTS) is 1. The van der Waals surface area contributed by atoms with Gasteiger partial charge >= 0.3 is 5.97 Å². The van der Waals surface area contributed by atoms with Crippen molar-refractivity contribution in [2.75, 3.05) is 6.61 Å². The number of carboxylic acids is 1. The van der Waals surface area contributed by atoms with Crippen LogP contribution in [0.25, 0.3) is 0 Å². The summed E-state index contributed by atoms with van der Waals surface area (Å²) in [6.07, 6.45) is 0.450. The molecule has 0 saturated heterocycles. The van der Waals surface area contributed by atoms with Crippen LogP contribution in [-0.2, 0) is 4.79 Å². The smallest absolute Gasteiger partial charge is 0.311 e. The zero-order valence-corrected chi connectivity index (χ0v) is 13.3. The summed E-state index contributed by atoms with van der Waals surface area (Å²) in [4.78, 5) is 11.5. The molecule has 0 fully saturated rings. The predicted octanol–water partition coefficient (Wildman–Crippen LogP) is 4.25. The Hall–Kier alpha value is -2.29. The van der Waals surface area contributed by atoms with Crippen LogP contribution in [0.1, 0.15) is 34.6 Å². The largest absolute Gasteiger partial charge is 0.493 e. The third-order valence-electron chi connectivity index (χ3n) is 3.77. The second-order valence-corrected chi connectivity index (χ2v) is 5.71. The lowest BCUT2D eigenvalue weighted by atomic mass is 9.95. The molecule has 0 aliphatic heterocycles. The summed E-state index contributed by atoms with van der Waals surface area (Å²) in [7, 11) is 0. The second kappa shape index (κ2) is 7.12. The van der Waals surface area contributed by atoms with Crippen LogP contribution in [0.2, 0.25) is 0 Å². The van der Waals surface area contributed by atoms with E-state index in [1.807, 2.05) is 57.2 Å². The van der Waals surface area contributed by atoms with Crippen molar-refractivity contribution < 1.29 is 14.6 Å². The molecule has 0 saturated carbocycles. The molecular weight excluding hydrogens is 276 g/mol. The molecule has 2 aromatic rings. The number of hydrogen-bond acceptors (Lipinski definition) is 2. The first-order valence-corrected chi connectivity index (χ1v) is 7.47. The molecule has 2 aromatic carbocycles. The van der Waals surface area contributed by atoms with E-state index in [4.69, 9.17) is 4.74 Å². The first-order chi connectivity index (χ1) is 10.5. The van der Waals surface area contributed by atoms with E-state index in [0.717, 1.165) is 22.4 Å². The molecule has 0 bridgehead atoms. The quantitative estimate of drug-likeness (QED) is 0.867. The van der Waals surface area contributed by atoms with Crippen LogP contribution in [0.15, 0.2) is 42.5 Å². The van der Waals surface area contributed by atoms with Crippen molar-refractivity contribution in [2.45, 2.75) is 33.1 Å². The van der Waals surface area contributed by atoms with Crippen molar-refractivity contribution in [1.29, 1.82) is 0 Å². The number of rotatable bonds is 6. The molecule has 1 atom stereocenters. The Kier molecular flexibility index (Phi) is 5.21. The average Bonchev–Trinajstić information content (AvgIpc) is 2.46. The Morgan fingerprint density at radius 1 is 1.05 bits per heavy atom. The van der Waals surface area contributed by atoms with Crippen molar-refractivity contribution in [3.05, 3.63) is 64.7 Å². The van der Waals surface area contributed by atoms with Crippen molar-refractivity contribution in [3.8, 4) is 5.75 Å². The zero-order valence-electron chi connectivity index (χ0n) is 13.3. The van der Waals surface area contributed by atoms with Gasteiger partial charge in [-0.05, 0) is 44.4 Å². The lowest BCUT2D eigenvalue weighted by Gasteiger charge is -2.15. The summed E-state index contributed by atoms with van der Waals surface area (Å²) in [5, 5.41) is 9.43. The summed E-state index contributed by atoms with van der Waals surface area (Å²) in [5.41, 5.74) is 4.21. The van der Waals surface area contributed by atoms with Crippen LogP contribution >= 0.6 is 0 Å². The molecule has 1 unspecified atom stereocenters. The third kappa shape index (κ3) is 4.10. The number of aryl methyl sites for hydroxylation is 3. The van der Waals surface area contributed by atoms with E-state index >= 15 is 0 Å². The van der Waals surface area contributed by atoms with E-state index in [0.29, 0.717) is 13.0 Å². The van der Waals surface area contributed by atoms with Gasteiger partial charge in [0, 0.05) is 0 Å². The van der Waals surface area contributed by atoms with Crippen molar-refractivity contribution in [3.63, 3.8) is 0 Å². The maximum absolute atomic E-state index is 11.5. The molecule has 0 radical (unpaired) electrons. The molecule has 0 spiro atoms. The van der Waals surface area contributed by atoms with E-state index in [9.17, 15) is 9.90 Å². The van der Waals surface area contributed by atoms with E-state index < -0.39 is 11.9 Å². The van der Waals surface area contributed by atoms with Gasteiger partial charge in [-0.25, -0.2) is 0 Å². The lowest BCUT2D eigenvalue weighted by Crippen LogP contribution is -2.15. The standard InChI is InChI=1S/C19H22O3/c1-13-4-7-16(8-5-13)17(19(20)21)10-11-22-18-9-6-14(2)12-15(18)3/h4-9,12,17H,10-11H2,1-3H3,(H,20,21). The van der Waals surface area contributed by atoms with Gasteiger partial charge in [-0.2, -0.15) is 0 Å². The first-order valence-electron chi connectivity index (χ1n) is 7.47. The normalized spacial score (nSPS) is 12.0. The fourth-order valence-corrected chi connectivity index (χ4v) is 2.48. The maximum atomic E-state index is 11.5. The Morgan fingerprint density at radius 3 is 2.27 bits per heavy atom. The van der Waals surface area contributed by atoms with Gasteiger partial charge in [0.25, 0.3) is 0 Å². The molecule has 0 aliphatic carbocycles. The van der Waals surface area contributed by atoms with Crippen molar-refractivity contribution in [1.82, 2.24) is 0 Å². The Balaban J connectivity index is 2.00. The molecule has 116 valence electrons. The number of carbonyl (C=O) groups is 1. The number of hydrogen-bond donors (Lipinski definition) is 1. The summed E-state index contributed by atoms with van der Waals surface area (Å²) in [6, 6.07) is 13.6. The highest BCUT2D eigenvalue weighted by Gasteiger charge is 2.19. The van der Waals surface area contributed by atoms with Gasteiger partial charge in [-0.1, -0.05) is 47.5 Å². The molecule has 0 amide bonds. The Bertz CT molecular complexity index is 644. The van der Waals surface area contributed by atoms with Crippen molar-refractivity contribution in [2.24, 2.45) is 0 Å². The second-order valence-electron chi connectivity index (χ2n) is 5.71. The summed E-state index contributed by atoms with van der Waals surface area (Å²) in [6.45, 7) is 6.41. The molecular formula is C19H22O3. The topological polar surface area (TPSA) is 46.5 Å². The molecule has 0 aliphatic rings. The number of aliphatic carboxylic acids is 1. The van der Waals surface area contributed by atoms with E-state index in [1.165, 1.54) is 5.56 Å². The maximum Gasteiger partial charge on any atom is 0.311 e. The highest BCUT2D eigenvalue weighted by atomic mass is 16.5. The molecule has 0 heterocycles. The van der Waals surface area contributed by atoms with Gasteiger partial charge < -0.3 is 9.84 Å². The molecule has 2 rings (SSSR count). The van der Waals surface area contributed by atoms with Gasteiger partial charge in [-0.3, -0.25) is 4.79 Å². The molecule has 22 heavy (non-hydrogen) atoms. The molecule has 3 heteroatoms. The summed E-state index contributed by atoms with van der Waals surface area (Å²) >= 11 is 0. The highest BCUT2D eigenvalue weighted by molar-refractivity contribution is 5.76. The van der Waals surface area contributed by atoms with Crippen LogP contribution in [0.5, 0.6) is 5.75 Å². The fraction of sp³-hybridized carbons (Fsp3) is 0.316. The third-order valence-corrected chi connectivity index (χ3v) is 3.77. The van der Waals surface area contributed by atoms with Gasteiger partial charge in [0.2, 0.25) is 0 Å². The van der Waals surface area contributed by atoms with E-state index in [1.54, 1.807) is 0 Å². The van der Waals surface area contributed by atoms with Gasteiger partial charge in [0.05, 0.1) is 12.5 Å². The predicted molar refractivity (Wildman–Crippen MR) is 87.6 cm³/mol. The molecule has 0 aromatic heterocycles. The van der Waals surface area contributed by atoms with Gasteiger partial charge in [0.15, 0.2) is 0 Å². The number of benzene rings is 2.